The summed E-state index contributed by atoms with van der Waals surface area (Å²) in [5, 5.41) is 0. The molecule has 124 valence electrons. The molecule has 2 N–H and O–H groups in total. The van der Waals surface area contributed by atoms with Gasteiger partial charge in [-0.05, 0) is 42.8 Å². The van der Waals surface area contributed by atoms with Gasteiger partial charge in [-0.25, -0.2) is 8.42 Å². The Kier molecular flexibility index (Phi) is 5.63. The zero-order chi connectivity index (χ0) is 16.9. The molecular weight excluding hydrogens is 314 g/mol. The molecule has 0 bridgehead atoms. The fourth-order valence-corrected chi connectivity index (χ4v) is 2.66. The van der Waals surface area contributed by atoms with Gasteiger partial charge in [0.1, 0.15) is 24.7 Å². The molecule has 1 atom stereocenters. The van der Waals surface area contributed by atoms with Gasteiger partial charge < -0.3 is 15.2 Å². The van der Waals surface area contributed by atoms with Gasteiger partial charge in [-0.1, -0.05) is 18.2 Å². The first-order chi connectivity index (χ1) is 10.9. The third-order valence-electron chi connectivity index (χ3n) is 3.24. The molecule has 0 radical (unpaired) electrons. The average Bonchev–Trinajstić information content (AvgIpc) is 2.51. The molecule has 0 aromatic heterocycles. The van der Waals surface area contributed by atoms with Gasteiger partial charge >= 0.3 is 0 Å². The number of sulfone groups is 1. The lowest BCUT2D eigenvalue weighted by molar-refractivity contribution is 0.216. The topological polar surface area (TPSA) is 78.6 Å². The van der Waals surface area contributed by atoms with Crippen molar-refractivity contribution in [3.63, 3.8) is 0 Å². The molecule has 2 rings (SSSR count). The van der Waals surface area contributed by atoms with E-state index in [-0.39, 0.29) is 10.9 Å². The summed E-state index contributed by atoms with van der Waals surface area (Å²) in [5.41, 5.74) is 6.84. The van der Waals surface area contributed by atoms with Crippen molar-refractivity contribution < 1.29 is 17.9 Å². The van der Waals surface area contributed by atoms with Crippen LogP contribution in [-0.2, 0) is 9.84 Å². The van der Waals surface area contributed by atoms with E-state index in [9.17, 15) is 8.42 Å². The van der Waals surface area contributed by atoms with Crippen molar-refractivity contribution in [2.24, 2.45) is 5.73 Å². The summed E-state index contributed by atoms with van der Waals surface area (Å²) < 4.78 is 34.1. The predicted molar refractivity (Wildman–Crippen MR) is 89.6 cm³/mol. The fourth-order valence-electron chi connectivity index (χ4n) is 2.00. The van der Waals surface area contributed by atoms with E-state index >= 15 is 0 Å². The number of benzene rings is 2. The molecule has 0 saturated carbocycles. The van der Waals surface area contributed by atoms with Gasteiger partial charge in [-0.2, -0.15) is 0 Å². The molecule has 0 heterocycles. The molecule has 6 heteroatoms. The molecule has 0 fully saturated rings. The highest BCUT2D eigenvalue weighted by atomic mass is 32.2. The second-order valence-corrected chi connectivity index (χ2v) is 7.32. The van der Waals surface area contributed by atoms with Crippen LogP contribution >= 0.6 is 0 Å². The maximum absolute atomic E-state index is 11.5. The van der Waals surface area contributed by atoms with Gasteiger partial charge in [0.05, 0.1) is 4.90 Å². The lowest BCUT2D eigenvalue weighted by atomic mass is 10.1. The number of hydrogen-bond donors (Lipinski definition) is 1. The van der Waals surface area contributed by atoms with Gasteiger partial charge in [0, 0.05) is 12.3 Å². The molecule has 2 aromatic rings. The zero-order valence-corrected chi connectivity index (χ0v) is 14.0. The SMILES string of the molecule is CC(N)c1cccc(OCCOc2cccc(S(C)(=O)=O)c2)c1. The monoisotopic (exact) mass is 335 g/mol. The fraction of sp³-hybridized carbons (Fsp3) is 0.294. The number of ether oxygens (including phenoxy) is 2. The van der Waals surface area contributed by atoms with E-state index < -0.39 is 9.84 Å². The second kappa shape index (κ2) is 7.48. The third kappa shape index (κ3) is 5.26. The smallest absolute Gasteiger partial charge is 0.175 e. The Bertz CT molecular complexity index is 757. The zero-order valence-electron chi connectivity index (χ0n) is 13.2. The molecule has 1 unspecified atom stereocenters. The van der Waals surface area contributed by atoms with Crippen LogP contribution in [-0.4, -0.2) is 27.9 Å². The highest BCUT2D eigenvalue weighted by Crippen LogP contribution is 2.19. The van der Waals surface area contributed by atoms with E-state index in [0.717, 1.165) is 11.3 Å². The highest BCUT2D eigenvalue weighted by Gasteiger charge is 2.07. The molecule has 5 nitrogen and oxygen atoms in total. The molecule has 0 aliphatic heterocycles. The number of hydrogen-bond acceptors (Lipinski definition) is 5. The Hall–Kier alpha value is -2.05. The van der Waals surface area contributed by atoms with Crippen LogP contribution in [0.25, 0.3) is 0 Å². The van der Waals surface area contributed by atoms with Crippen LogP contribution in [0.4, 0.5) is 0 Å². The van der Waals surface area contributed by atoms with Crippen LogP contribution in [0.15, 0.2) is 53.4 Å². The van der Waals surface area contributed by atoms with Gasteiger partial charge in [0.2, 0.25) is 0 Å². The standard InChI is InChI=1S/C17H21NO4S/c1-13(18)14-5-3-6-15(11-14)21-9-10-22-16-7-4-8-17(12-16)23(2,19)20/h3-8,11-13H,9-10,18H2,1-2H3. The van der Waals surface area contributed by atoms with Crippen LogP contribution in [0.5, 0.6) is 11.5 Å². The van der Waals surface area contributed by atoms with Crippen molar-refractivity contribution in [1.82, 2.24) is 0 Å². The normalized spacial score (nSPS) is 12.7. The summed E-state index contributed by atoms with van der Waals surface area (Å²) in [6.45, 7) is 2.58. The van der Waals surface area contributed by atoms with E-state index in [1.165, 1.54) is 18.4 Å². The maximum atomic E-state index is 11.5. The van der Waals surface area contributed by atoms with Crippen molar-refractivity contribution in [3.05, 3.63) is 54.1 Å². The number of rotatable bonds is 7. The Morgan fingerprint density at radius 2 is 1.57 bits per heavy atom. The predicted octanol–water partition coefficient (Wildman–Crippen LogP) is 2.57. The average molecular weight is 335 g/mol. The molecular formula is C17H21NO4S. The van der Waals surface area contributed by atoms with Crippen LogP contribution in [0.2, 0.25) is 0 Å². The van der Waals surface area contributed by atoms with E-state index in [0.29, 0.717) is 19.0 Å². The first-order valence-electron chi connectivity index (χ1n) is 7.27. The van der Waals surface area contributed by atoms with Crippen molar-refractivity contribution in [2.45, 2.75) is 17.9 Å². The molecule has 0 saturated heterocycles. The van der Waals surface area contributed by atoms with E-state index in [4.69, 9.17) is 15.2 Å². The van der Waals surface area contributed by atoms with E-state index in [2.05, 4.69) is 0 Å². The number of nitrogens with two attached hydrogens (primary N) is 1. The molecule has 2 aromatic carbocycles. The first-order valence-corrected chi connectivity index (χ1v) is 9.16. The van der Waals surface area contributed by atoms with Gasteiger partial charge in [-0.15, -0.1) is 0 Å². The summed E-state index contributed by atoms with van der Waals surface area (Å²) in [6, 6.07) is 14.0. The minimum absolute atomic E-state index is 0.0477. The second-order valence-electron chi connectivity index (χ2n) is 5.31. The Morgan fingerprint density at radius 1 is 1.00 bits per heavy atom. The lowest BCUT2D eigenvalue weighted by Crippen LogP contribution is -2.10. The van der Waals surface area contributed by atoms with Crippen LogP contribution in [0.3, 0.4) is 0 Å². The Balaban J connectivity index is 1.87. The first kappa shape index (κ1) is 17.3. The Morgan fingerprint density at radius 3 is 2.13 bits per heavy atom. The molecule has 0 spiro atoms. The quantitative estimate of drug-likeness (QED) is 0.787. The van der Waals surface area contributed by atoms with Crippen molar-refractivity contribution in [1.29, 1.82) is 0 Å². The molecule has 0 aliphatic rings. The highest BCUT2D eigenvalue weighted by molar-refractivity contribution is 7.90. The Labute approximate surface area is 137 Å². The summed E-state index contributed by atoms with van der Waals surface area (Å²) in [6.07, 6.45) is 1.17. The van der Waals surface area contributed by atoms with Crippen molar-refractivity contribution >= 4 is 9.84 Å². The summed E-state index contributed by atoms with van der Waals surface area (Å²) >= 11 is 0. The van der Waals surface area contributed by atoms with Crippen LogP contribution in [0, 0.1) is 0 Å². The molecule has 0 aliphatic carbocycles. The summed E-state index contributed by atoms with van der Waals surface area (Å²) in [4.78, 5) is 0.237. The minimum Gasteiger partial charge on any atom is -0.490 e. The van der Waals surface area contributed by atoms with Gasteiger partial charge in [0.25, 0.3) is 0 Å². The van der Waals surface area contributed by atoms with E-state index in [1.54, 1.807) is 12.1 Å². The lowest BCUT2D eigenvalue weighted by Gasteiger charge is -2.11. The van der Waals surface area contributed by atoms with Crippen LogP contribution in [0.1, 0.15) is 18.5 Å². The van der Waals surface area contributed by atoms with Gasteiger partial charge in [0.15, 0.2) is 9.84 Å². The van der Waals surface area contributed by atoms with Gasteiger partial charge in [-0.3, -0.25) is 0 Å². The van der Waals surface area contributed by atoms with Crippen molar-refractivity contribution in [3.8, 4) is 11.5 Å². The summed E-state index contributed by atoms with van der Waals surface area (Å²) in [5.74, 6) is 1.23. The largest absolute Gasteiger partial charge is 0.490 e. The van der Waals surface area contributed by atoms with Crippen LogP contribution < -0.4 is 15.2 Å². The molecule has 0 amide bonds. The third-order valence-corrected chi connectivity index (χ3v) is 4.35. The minimum atomic E-state index is -3.23. The van der Waals surface area contributed by atoms with Crippen molar-refractivity contribution in [2.75, 3.05) is 19.5 Å². The summed E-state index contributed by atoms with van der Waals surface area (Å²) in [7, 11) is -3.23. The van der Waals surface area contributed by atoms with E-state index in [1.807, 2.05) is 31.2 Å². The maximum Gasteiger partial charge on any atom is 0.175 e. The molecule has 23 heavy (non-hydrogen) atoms.